The zero-order valence-electron chi connectivity index (χ0n) is 14.4. The molecule has 9 heteroatoms. The van der Waals surface area contributed by atoms with Crippen molar-refractivity contribution in [2.24, 2.45) is 0 Å². The number of hydrogen-bond donors (Lipinski definition) is 1. The SMILES string of the molecule is CN(C)S(=O)(=O)c1cccc(CSc2nnc(-c3ccccc3)n2N)c1. The molecule has 3 aromatic rings. The molecule has 0 aliphatic rings. The highest BCUT2D eigenvalue weighted by atomic mass is 32.2. The van der Waals surface area contributed by atoms with E-state index in [1.165, 1.54) is 34.8 Å². The van der Waals surface area contributed by atoms with E-state index >= 15 is 0 Å². The fraction of sp³-hybridized carbons (Fsp3) is 0.176. The quantitative estimate of drug-likeness (QED) is 0.513. The molecule has 2 aromatic carbocycles. The van der Waals surface area contributed by atoms with Gasteiger partial charge in [0.05, 0.1) is 4.90 Å². The van der Waals surface area contributed by atoms with Crippen LogP contribution in [0.15, 0.2) is 64.6 Å². The molecule has 0 fully saturated rings. The molecule has 7 nitrogen and oxygen atoms in total. The lowest BCUT2D eigenvalue weighted by Gasteiger charge is -2.12. The molecular formula is C17H19N5O2S2. The Kier molecular flexibility index (Phi) is 5.30. The van der Waals surface area contributed by atoms with E-state index in [1.54, 1.807) is 18.2 Å². The number of nitrogen functional groups attached to an aromatic ring is 1. The monoisotopic (exact) mass is 389 g/mol. The number of nitrogens with two attached hydrogens (primary N) is 1. The minimum Gasteiger partial charge on any atom is -0.335 e. The van der Waals surface area contributed by atoms with Crippen molar-refractivity contribution in [1.29, 1.82) is 0 Å². The summed E-state index contributed by atoms with van der Waals surface area (Å²) < 4.78 is 27.1. The molecule has 26 heavy (non-hydrogen) atoms. The van der Waals surface area contributed by atoms with Gasteiger partial charge >= 0.3 is 0 Å². The molecule has 2 N–H and O–H groups in total. The van der Waals surface area contributed by atoms with Gasteiger partial charge in [0.25, 0.3) is 0 Å². The van der Waals surface area contributed by atoms with Crippen molar-refractivity contribution in [2.45, 2.75) is 15.8 Å². The summed E-state index contributed by atoms with van der Waals surface area (Å²) >= 11 is 1.40. The molecule has 0 aliphatic carbocycles. The van der Waals surface area contributed by atoms with Crippen LogP contribution in [0.25, 0.3) is 11.4 Å². The number of thioether (sulfide) groups is 1. The van der Waals surface area contributed by atoms with Gasteiger partial charge in [0, 0.05) is 25.4 Å². The van der Waals surface area contributed by atoms with Crippen molar-refractivity contribution in [3.05, 3.63) is 60.2 Å². The van der Waals surface area contributed by atoms with Crippen LogP contribution < -0.4 is 5.84 Å². The largest absolute Gasteiger partial charge is 0.335 e. The van der Waals surface area contributed by atoms with E-state index in [2.05, 4.69) is 10.2 Å². The highest BCUT2D eigenvalue weighted by Gasteiger charge is 2.17. The van der Waals surface area contributed by atoms with E-state index in [0.717, 1.165) is 11.1 Å². The van der Waals surface area contributed by atoms with E-state index in [0.29, 0.717) is 16.7 Å². The van der Waals surface area contributed by atoms with E-state index in [4.69, 9.17) is 5.84 Å². The lowest BCUT2D eigenvalue weighted by molar-refractivity contribution is 0.520. The molecule has 1 aromatic heterocycles. The Morgan fingerprint density at radius 3 is 2.50 bits per heavy atom. The fourth-order valence-electron chi connectivity index (χ4n) is 2.31. The van der Waals surface area contributed by atoms with Gasteiger partial charge in [0.1, 0.15) is 0 Å². The first-order valence-electron chi connectivity index (χ1n) is 7.80. The number of benzene rings is 2. The Morgan fingerprint density at radius 1 is 1.08 bits per heavy atom. The van der Waals surface area contributed by atoms with Crippen molar-refractivity contribution in [3.8, 4) is 11.4 Å². The van der Waals surface area contributed by atoms with Gasteiger partial charge in [-0.15, -0.1) is 10.2 Å². The number of rotatable bonds is 6. The first-order valence-corrected chi connectivity index (χ1v) is 10.2. The predicted molar refractivity (Wildman–Crippen MR) is 102 cm³/mol. The van der Waals surface area contributed by atoms with Gasteiger partial charge in [-0.25, -0.2) is 17.4 Å². The maximum absolute atomic E-state index is 12.2. The van der Waals surface area contributed by atoms with E-state index in [1.807, 2.05) is 36.4 Å². The molecule has 0 saturated heterocycles. The fourth-order valence-corrected chi connectivity index (χ4v) is 4.09. The Bertz CT molecular complexity index is 1000. The zero-order chi connectivity index (χ0) is 18.7. The minimum atomic E-state index is -3.46. The van der Waals surface area contributed by atoms with Gasteiger partial charge in [0.15, 0.2) is 5.82 Å². The molecule has 0 aliphatic heterocycles. The molecule has 0 amide bonds. The summed E-state index contributed by atoms with van der Waals surface area (Å²) in [6.07, 6.45) is 0. The van der Waals surface area contributed by atoms with Crippen LogP contribution in [0.1, 0.15) is 5.56 Å². The van der Waals surface area contributed by atoms with Gasteiger partial charge in [-0.1, -0.05) is 54.2 Å². The zero-order valence-corrected chi connectivity index (χ0v) is 16.0. The van der Waals surface area contributed by atoms with Gasteiger partial charge in [-0.05, 0) is 17.7 Å². The predicted octanol–water partition coefficient (Wildman–Crippen LogP) is 2.20. The van der Waals surface area contributed by atoms with Gasteiger partial charge < -0.3 is 5.84 Å². The van der Waals surface area contributed by atoms with Crippen molar-refractivity contribution < 1.29 is 8.42 Å². The van der Waals surface area contributed by atoms with Crippen molar-refractivity contribution >= 4 is 21.8 Å². The number of hydrogen-bond acceptors (Lipinski definition) is 6. The third kappa shape index (κ3) is 3.74. The molecule has 136 valence electrons. The first kappa shape index (κ1) is 18.4. The second kappa shape index (κ2) is 7.48. The molecule has 0 unspecified atom stereocenters. The molecule has 3 rings (SSSR count). The van der Waals surface area contributed by atoms with E-state index < -0.39 is 10.0 Å². The van der Waals surface area contributed by atoms with E-state index in [-0.39, 0.29) is 4.90 Å². The average Bonchev–Trinajstić information content (AvgIpc) is 3.01. The van der Waals surface area contributed by atoms with Crippen LogP contribution in [0, 0.1) is 0 Å². The van der Waals surface area contributed by atoms with Crippen molar-refractivity contribution in [3.63, 3.8) is 0 Å². The lowest BCUT2D eigenvalue weighted by Crippen LogP contribution is -2.22. The van der Waals surface area contributed by atoms with Gasteiger partial charge in [-0.2, -0.15) is 0 Å². The highest BCUT2D eigenvalue weighted by Crippen LogP contribution is 2.25. The standard InChI is InChI=1S/C17H19N5O2S2/c1-21(2)26(23,24)15-10-6-7-13(11-15)12-25-17-20-19-16(22(17)18)14-8-4-3-5-9-14/h3-11H,12,18H2,1-2H3. The summed E-state index contributed by atoms with van der Waals surface area (Å²) in [7, 11) is -0.431. The summed E-state index contributed by atoms with van der Waals surface area (Å²) in [4.78, 5) is 0.264. The molecule has 0 saturated carbocycles. The Morgan fingerprint density at radius 2 is 1.81 bits per heavy atom. The van der Waals surface area contributed by atoms with Crippen molar-refractivity contribution in [2.75, 3.05) is 19.9 Å². The number of aromatic nitrogens is 3. The molecular weight excluding hydrogens is 370 g/mol. The smallest absolute Gasteiger partial charge is 0.242 e. The maximum atomic E-state index is 12.2. The minimum absolute atomic E-state index is 0.264. The van der Waals surface area contributed by atoms with Gasteiger partial charge in [0.2, 0.25) is 15.2 Å². The van der Waals surface area contributed by atoms with Crippen LogP contribution in [0.5, 0.6) is 0 Å². The molecule has 0 bridgehead atoms. The first-order chi connectivity index (χ1) is 12.4. The van der Waals surface area contributed by atoms with E-state index in [9.17, 15) is 8.42 Å². The summed E-state index contributed by atoms with van der Waals surface area (Å²) in [6.45, 7) is 0. The molecule has 0 atom stereocenters. The van der Waals surface area contributed by atoms with Crippen LogP contribution in [0.2, 0.25) is 0 Å². The number of sulfonamides is 1. The molecule has 0 radical (unpaired) electrons. The number of nitrogens with zero attached hydrogens (tertiary/aromatic N) is 4. The highest BCUT2D eigenvalue weighted by molar-refractivity contribution is 7.98. The molecule has 0 spiro atoms. The van der Waals surface area contributed by atoms with Crippen LogP contribution in [0.4, 0.5) is 0 Å². The summed E-state index contributed by atoms with van der Waals surface area (Å²) in [5.41, 5.74) is 1.75. The third-order valence-corrected chi connectivity index (χ3v) is 6.57. The Balaban J connectivity index is 1.78. The van der Waals surface area contributed by atoms with Crippen LogP contribution in [-0.2, 0) is 15.8 Å². The second-order valence-electron chi connectivity index (χ2n) is 5.77. The lowest BCUT2D eigenvalue weighted by atomic mass is 10.2. The molecule has 1 heterocycles. The van der Waals surface area contributed by atoms with Crippen molar-refractivity contribution in [1.82, 2.24) is 19.2 Å². The van der Waals surface area contributed by atoms with Crippen LogP contribution in [0.3, 0.4) is 0 Å². The third-order valence-electron chi connectivity index (χ3n) is 3.74. The Hall–Kier alpha value is -2.36. The van der Waals surface area contributed by atoms with Crippen LogP contribution in [-0.4, -0.2) is 41.7 Å². The average molecular weight is 390 g/mol. The second-order valence-corrected chi connectivity index (χ2v) is 8.86. The van der Waals surface area contributed by atoms with Crippen LogP contribution >= 0.6 is 11.8 Å². The Labute approximate surface area is 156 Å². The topological polar surface area (TPSA) is 94.1 Å². The van der Waals surface area contributed by atoms with Gasteiger partial charge in [-0.3, -0.25) is 0 Å². The maximum Gasteiger partial charge on any atom is 0.242 e. The normalized spacial score (nSPS) is 11.8. The summed E-state index contributed by atoms with van der Waals surface area (Å²) in [5, 5.41) is 8.83. The summed E-state index contributed by atoms with van der Waals surface area (Å²) in [5.74, 6) is 7.22. The summed E-state index contributed by atoms with van der Waals surface area (Å²) in [6, 6.07) is 16.4.